The van der Waals surface area contributed by atoms with Gasteiger partial charge >= 0.3 is 22.4 Å². The zero-order valence-electron chi connectivity index (χ0n) is 14.2. The number of hydrogen-bond acceptors (Lipinski definition) is 7. The number of β-lactam (4-membered cyclic amide) rings is 1. The fraction of sp³-hybridized carbons (Fsp3) is 0.385. The second-order valence-corrected chi connectivity index (χ2v) is 7.74. The summed E-state index contributed by atoms with van der Waals surface area (Å²) in [6, 6.07) is -0.711. The Morgan fingerprint density at radius 3 is 2.52 bits per heavy atom. The molecule has 1 saturated heterocycles. The number of imide groups is 1. The monoisotopic (exact) mass is 419 g/mol. The van der Waals surface area contributed by atoms with Gasteiger partial charge in [0.15, 0.2) is 0 Å². The van der Waals surface area contributed by atoms with Crippen LogP contribution in [0.5, 0.6) is 0 Å². The molecule has 0 radical (unpaired) electrons. The van der Waals surface area contributed by atoms with Gasteiger partial charge in [-0.15, -0.1) is 11.3 Å². The van der Waals surface area contributed by atoms with Crippen molar-refractivity contribution in [2.24, 2.45) is 0 Å². The molecule has 1 fully saturated rings. The lowest BCUT2D eigenvalue weighted by molar-refractivity contribution is -0.141. The van der Waals surface area contributed by atoms with Crippen molar-refractivity contribution in [1.29, 1.82) is 0 Å². The van der Waals surface area contributed by atoms with Crippen LogP contribution in [-0.4, -0.2) is 72.7 Å². The average Bonchev–Trinajstić information content (AvgIpc) is 3.13. The topological polar surface area (TPSA) is 165 Å². The number of amides is 6. The number of thiophene rings is 1. The molecule has 0 saturated carbocycles. The summed E-state index contributed by atoms with van der Waals surface area (Å²) in [6.07, 6.45) is 0. The Morgan fingerprint density at radius 2 is 2.04 bits per heavy atom. The molecule has 2 atom stereocenters. The third-order valence-electron chi connectivity index (χ3n) is 3.67. The molecule has 1 aliphatic rings. The summed E-state index contributed by atoms with van der Waals surface area (Å²) in [5, 5.41) is 8.61. The van der Waals surface area contributed by atoms with E-state index in [4.69, 9.17) is 4.55 Å². The Bertz CT molecular complexity index is 854. The minimum atomic E-state index is -4.68. The molecule has 1 aliphatic heterocycles. The molecule has 0 bridgehead atoms. The van der Waals surface area contributed by atoms with Crippen LogP contribution in [0.25, 0.3) is 0 Å². The van der Waals surface area contributed by atoms with Crippen molar-refractivity contribution >= 4 is 45.5 Å². The number of rotatable bonds is 5. The van der Waals surface area contributed by atoms with Gasteiger partial charge in [0, 0.05) is 19.0 Å². The smallest absolute Gasteiger partial charge is 0.341 e. The molecule has 1 aromatic heterocycles. The van der Waals surface area contributed by atoms with Gasteiger partial charge in [-0.25, -0.2) is 18.8 Å². The van der Waals surface area contributed by atoms with Crippen molar-refractivity contribution < 1.29 is 32.1 Å². The Balaban J connectivity index is 2.09. The molecular weight excluding hydrogens is 402 g/mol. The molecule has 0 spiro atoms. The molecule has 6 amide bonds. The van der Waals surface area contributed by atoms with Gasteiger partial charge in [0.1, 0.15) is 12.1 Å². The highest BCUT2D eigenvalue weighted by atomic mass is 32.2. The van der Waals surface area contributed by atoms with Crippen LogP contribution < -0.4 is 16.0 Å². The quantitative estimate of drug-likeness (QED) is 0.347. The van der Waals surface area contributed by atoms with E-state index in [1.54, 1.807) is 17.5 Å². The van der Waals surface area contributed by atoms with Gasteiger partial charge in [-0.05, 0) is 11.4 Å². The zero-order valence-corrected chi connectivity index (χ0v) is 15.8. The Morgan fingerprint density at radius 1 is 1.37 bits per heavy atom. The summed E-state index contributed by atoms with van der Waals surface area (Å²) in [5.74, 6) is -1.77. The van der Waals surface area contributed by atoms with Crippen molar-refractivity contribution in [2.45, 2.75) is 12.1 Å². The molecular formula is C13H17N5O7S2. The SMILES string of the molecule is CNC(=O)N(C)C(=O)NC(C(=O)NC1CN(S(=O)(=O)O)C1=O)c1cccs1. The van der Waals surface area contributed by atoms with Gasteiger partial charge in [0.2, 0.25) is 5.91 Å². The van der Waals surface area contributed by atoms with Crippen molar-refractivity contribution in [3.05, 3.63) is 22.4 Å². The number of nitrogens with zero attached hydrogens (tertiary/aromatic N) is 2. The van der Waals surface area contributed by atoms with Crippen molar-refractivity contribution in [1.82, 2.24) is 25.2 Å². The minimum Gasteiger partial charge on any atom is -0.341 e. The van der Waals surface area contributed by atoms with Crippen LogP contribution in [0.4, 0.5) is 9.59 Å². The first kappa shape index (κ1) is 20.6. The molecule has 0 aliphatic carbocycles. The van der Waals surface area contributed by atoms with Crippen LogP contribution in [0.2, 0.25) is 0 Å². The van der Waals surface area contributed by atoms with Gasteiger partial charge in [-0.2, -0.15) is 8.42 Å². The minimum absolute atomic E-state index is 0.204. The van der Waals surface area contributed by atoms with Gasteiger partial charge in [-0.1, -0.05) is 6.07 Å². The molecule has 1 aromatic rings. The second-order valence-electron chi connectivity index (χ2n) is 5.42. The number of hydrogen-bond donors (Lipinski definition) is 4. The predicted octanol–water partition coefficient (Wildman–Crippen LogP) is -1.10. The lowest BCUT2D eigenvalue weighted by Gasteiger charge is -2.36. The second kappa shape index (κ2) is 7.89. The van der Waals surface area contributed by atoms with E-state index in [0.29, 0.717) is 4.88 Å². The van der Waals surface area contributed by atoms with E-state index in [-0.39, 0.29) is 4.31 Å². The Kier molecular flexibility index (Phi) is 6.02. The third kappa shape index (κ3) is 4.53. The summed E-state index contributed by atoms with van der Waals surface area (Å²) in [5.41, 5.74) is 0. The van der Waals surface area contributed by atoms with Crippen LogP contribution in [0, 0.1) is 0 Å². The molecule has 27 heavy (non-hydrogen) atoms. The van der Waals surface area contributed by atoms with E-state index < -0.39 is 52.8 Å². The highest BCUT2D eigenvalue weighted by Gasteiger charge is 2.45. The number of carbonyl (C=O) groups is 4. The average molecular weight is 419 g/mol. The molecule has 14 heteroatoms. The molecule has 12 nitrogen and oxygen atoms in total. The Labute approximate surface area is 158 Å². The van der Waals surface area contributed by atoms with Gasteiger partial charge in [-0.3, -0.25) is 14.1 Å². The highest BCUT2D eigenvalue weighted by molar-refractivity contribution is 7.84. The lowest BCUT2D eigenvalue weighted by atomic mass is 10.1. The Hall–Kier alpha value is -2.71. The summed E-state index contributed by atoms with van der Waals surface area (Å²) in [4.78, 5) is 49.1. The van der Waals surface area contributed by atoms with Crippen LogP contribution in [-0.2, 0) is 19.9 Å². The van der Waals surface area contributed by atoms with Crippen LogP contribution in [0.15, 0.2) is 17.5 Å². The van der Waals surface area contributed by atoms with Crippen molar-refractivity contribution in [3.8, 4) is 0 Å². The lowest BCUT2D eigenvalue weighted by Crippen LogP contribution is -2.66. The standard InChI is InChI=1S/C13H17N5O7S2/c1-14-12(21)17(2)13(22)16-9(8-4-3-5-26-8)10(19)15-7-6-18(11(7)20)27(23,24)25/h3-5,7,9H,6H2,1-2H3,(H,14,21)(H,15,19)(H,16,22)(H,23,24,25). The number of carbonyl (C=O) groups excluding carboxylic acids is 4. The van der Waals surface area contributed by atoms with Gasteiger partial charge in [0.25, 0.3) is 5.91 Å². The van der Waals surface area contributed by atoms with E-state index in [9.17, 15) is 27.6 Å². The van der Waals surface area contributed by atoms with E-state index >= 15 is 0 Å². The maximum atomic E-state index is 12.5. The summed E-state index contributed by atoms with van der Waals surface area (Å²) in [7, 11) is -2.14. The van der Waals surface area contributed by atoms with E-state index in [0.717, 1.165) is 16.2 Å². The zero-order chi connectivity index (χ0) is 20.4. The molecule has 2 heterocycles. The fourth-order valence-corrected chi connectivity index (χ4v) is 3.63. The van der Waals surface area contributed by atoms with Crippen LogP contribution in [0.3, 0.4) is 0 Å². The largest absolute Gasteiger partial charge is 0.362 e. The van der Waals surface area contributed by atoms with E-state index in [1.807, 2.05) is 0 Å². The molecule has 2 unspecified atom stereocenters. The first-order valence-corrected chi connectivity index (χ1v) is 9.72. The summed E-state index contributed by atoms with van der Waals surface area (Å²) in [6.45, 7) is -0.424. The number of urea groups is 2. The predicted molar refractivity (Wildman–Crippen MR) is 93.0 cm³/mol. The van der Waals surface area contributed by atoms with E-state index in [2.05, 4.69) is 16.0 Å². The molecule has 2 rings (SSSR count). The molecule has 148 valence electrons. The maximum Gasteiger partial charge on any atom is 0.362 e. The first-order chi connectivity index (χ1) is 12.6. The number of nitrogens with one attached hydrogen (secondary N) is 3. The fourth-order valence-electron chi connectivity index (χ4n) is 2.17. The first-order valence-electron chi connectivity index (χ1n) is 7.45. The highest BCUT2D eigenvalue weighted by Crippen LogP contribution is 2.21. The maximum absolute atomic E-state index is 12.5. The van der Waals surface area contributed by atoms with Crippen molar-refractivity contribution in [2.75, 3.05) is 20.6 Å². The normalized spacial score (nSPS) is 17.5. The van der Waals surface area contributed by atoms with Gasteiger partial charge < -0.3 is 16.0 Å². The summed E-state index contributed by atoms with van der Waals surface area (Å²) >= 11 is 1.16. The van der Waals surface area contributed by atoms with Crippen LogP contribution in [0.1, 0.15) is 10.9 Å². The molecule has 4 N–H and O–H groups in total. The summed E-state index contributed by atoms with van der Waals surface area (Å²) < 4.78 is 30.9. The van der Waals surface area contributed by atoms with Gasteiger partial charge in [0.05, 0.1) is 6.54 Å². The third-order valence-corrected chi connectivity index (χ3v) is 5.49. The van der Waals surface area contributed by atoms with Crippen LogP contribution >= 0.6 is 11.3 Å². The molecule has 0 aromatic carbocycles. The van der Waals surface area contributed by atoms with E-state index in [1.165, 1.54) is 14.1 Å². The van der Waals surface area contributed by atoms with Crippen molar-refractivity contribution in [3.63, 3.8) is 0 Å².